The summed E-state index contributed by atoms with van der Waals surface area (Å²) in [6, 6.07) is 2.97. The molecule has 15 heavy (non-hydrogen) atoms. The first-order valence-corrected chi connectivity index (χ1v) is 4.72. The molecule has 1 rings (SSSR count). The minimum Gasteiger partial charge on any atom is -0.481 e. The Morgan fingerprint density at radius 1 is 1.47 bits per heavy atom. The third-order valence-electron chi connectivity index (χ3n) is 1.75. The summed E-state index contributed by atoms with van der Waals surface area (Å²) in [5.41, 5.74) is 0. The van der Waals surface area contributed by atoms with Crippen LogP contribution in [0.15, 0.2) is 16.5 Å². The zero-order chi connectivity index (χ0) is 11.3. The van der Waals surface area contributed by atoms with Crippen LogP contribution in [0.1, 0.15) is 29.7 Å². The van der Waals surface area contributed by atoms with Crippen LogP contribution in [-0.2, 0) is 11.2 Å². The first-order chi connectivity index (χ1) is 7.13. The molecule has 0 unspecified atom stereocenters. The fourth-order valence-electron chi connectivity index (χ4n) is 1.07. The van der Waals surface area contributed by atoms with Gasteiger partial charge in [-0.2, -0.15) is 0 Å². The Labute approximate surface area is 87.1 Å². The van der Waals surface area contributed by atoms with Gasteiger partial charge in [-0.3, -0.25) is 9.59 Å². The van der Waals surface area contributed by atoms with Gasteiger partial charge in [-0.05, 0) is 18.6 Å². The zero-order valence-electron chi connectivity index (χ0n) is 8.45. The molecule has 0 fully saturated rings. The van der Waals surface area contributed by atoms with Gasteiger partial charge in [-0.15, -0.1) is 0 Å². The first-order valence-electron chi connectivity index (χ1n) is 4.72. The lowest BCUT2D eigenvalue weighted by molar-refractivity contribution is -0.136. The number of carbonyl (C=O) groups excluding carboxylic acids is 1. The Hall–Kier alpha value is -1.78. The minimum absolute atomic E-state index is 0.153. The van der Waals surface area contributed by atoms with Crippen LogP contribution in [0.5, 0.6) is 0 Å². The maximum atomic E-state index is 11.4. The van der Waals surface area contributed by atoms with E-state index in [1.807, 2.05) is 6.92 Å². The molecule has 0 aliphatic carbocycles. The highest BCUT2D eigenvalue weighted by Crippen LogP contribution is 2.08. The van der Waals surface area contributed by atoms with Crippen molar-refractivity contribution in [2.45, 2.75) is 19.8 Å². The average molecular weight is 211 g/mol. The summed E-state index contributed by atoms with van der Waals surface area (Å²) < 4.78 is 5.06. The molecule has 0 saturated heterocycles. The number of carboxylic acid groups (broad SMARTS) is 1. The van der Waals surface area contributed by atoms with E-state index in [2.05, 4.69) is 5.32 Å². The first kappa shape index (κ1) is 11.3. The number of carbonyl (C=O) groups is 2. The van der Waals surface area contributed by atoms with Crippen LogP contribution in [0.25, 0.3) is 0 Å². The van der Waals surface area contributed by atoms with Crippen LogP contribution in [0, 0.1) is 0 Å². The highest BCUT2D eigenvalue weighted by atomic mass is 16.4. The molecule has 0 radical (unpaired) electrons. The lowest BCUT2D eigenvalue weighted by Gasteiger charge is -1.99. The van der Waals surface area contributed by atoms with E-state index < -0.39 is 5.97 Å². The molecule has 0 bridgehead atoms. The maximum absolute atomic E-state index is 11.4. The summed E-state index contributed by atoms with van der Waals surface area (Å²) in [6.07, 6.45) is 0.634. The van der Waals surface area contributed by atoms with Crippen molar-refractivity contribution in [1.82, 2.24) is 5.32 Å². The van der Waals surface area contributed by atoms with Gasteiger partial charge in [0.25, 0.3) is 5.91 Å². The van der Waals surface area contributed by atoms with Crippen molar-refractivity contribution in [3.63, 3.8) is 0 Å². The number of rotatable bonds is 5. The second kappa shape index (κ2) is 5.19. The molecule has 0 aliphatic heterocycles. The highest BCUT2D eigenvalue weighted by molar-refractivity contribution is 5.91. The van der Waals surface area contributed by atoms with Crippen molar-refractivity contribution < 1.29 is 19.1 Å². The van der Waals surface area contributed by atoms with Crippen molar-refractivity contribution in [3.05, 3.63) is 23.7 Å². The monoisotopic (exact) mass is 211 g/mol. The molecule has 1 aromatic heterocycles. The Morgan fingerprint density at radius 2 is 2.20 bits per heavy atom. The van der Waals surface area contributed by atoms with E-state index in [0.717, 1.165) is 6.42 Å². The molecule has 1 heterocycles. The molecule has 5 heteroatoms. The van der Waals surface area contributed by atoms with Gasteiger partial charge in [-0.1, -0.05) is 6.92 Å². The van der Waals surface area contributed by atoms with Gasteiger partial charge in [-0.25, -0.2) is 0 Å². The smallest absolute Gasteiger partial charge is 0.311 e. The van der Waals surface area contributed by atoms with Crippen LogP contribution >= 0.6 is 0 Å². The predicted octanol–water partition coefficient (Wildman–Crippen LogP) is 1.05. The fourth-order valence-corrected chi connectivity index (χ4v) is 1.07. The van der Waals surface area contributed by atoms with Crippen LogP contribution in [0.2, 0.25) is 0 Å². The summed E-state index contributed by atoms with van der Waals surface area (Å²) in [7, 11) is 0. The Kier molecular flexibility index (Phi) is 3.91. The molecule has 1 aromatic rings. The Morgan fingerprint density at radius 3 is 2.80 bits per heavy atom. The van der Waals surface area contributed by atoms with Gasteiger partial charge >= 0.3 is 5.97 Å². The summed E-state index contributed by atoms with van der Waals surface area (Å²) in [4.78, 5) is 21.7. The summed E-state index contributed by atoms with van der Waals surface area (Å²) in [5, 5.41) is 11.1. The quantitative estimate of drug-likeness (QED) is 0.762. The zero-order valence-corrected chi connectivity index (χ0v) is 8.45. The number of hydrogen-bond donors (Lipinski definition) is 2. The lowest BCUT2D eigenvalue weighted by atomic mass is 10.3. The van der Waals surface area contributed by atoms with E-state index in [-0.39, 0.29) is 23.8 Å². The van der Waals surface area contributed by atoms with Crippen molar-refractivity contribution in [3.8, 4) is 0 Å². The topological polar surface area (TPSA) is 79.5 Å². The molecule has 5 nitrogen and oxygen atoms in total. The number of carboxylic acids is 1. The Bertz CT molecular complexity index is 356. The summed E-state index contributed by atoms with van der Waals surface area (Å²) >= 11 is 0. The van der Waals surface area contributed by atoms with E-state index in [1.165, 1.54) is 12.1 Å². The fraction of sp³-hybridized carbons (Fsp3) is 0.400. The summed E-state index contributed by atoms with van der Waals surface area (Å²) in [6.45, 7) is 2.52. The van der Waals surface area contributed by atoms with E-state index in [9.17, 15) is 9.59 Å². The largest absolute Gasteiger partial charge is 0.481 e. The lowest BCUT2D eigenvalue weighted by Crippen LogP contribution is -2.23. The normalized spacial score (nSPS) is 9.93. The maximum Gasteiger partial charge on any atom is 0.311 e. The minimum atomic E-state index is -0.982. The molecule has 0 saturated carbocycles. The molecule has 0 atom stereocenters. The second-order valence-corrected chi connectivity index (χ2v) is 3.09. The molecule has 0 aromatic carbocycles. The average Bonchev–Trinajstić information content (AvgIpc) is 2.61. The Balaban J connectivity index is 2.59. The summed E-state index contributed by atoms with van der Waals surface area (Å²) in [5.74, 6) is -0.859. The number of amides is 1. The number of nitrogens with one attached hydrogen (secondary N) is 1. The van der Waals surface area contributed by atoms with Crippen molar-refractivity contribution in [2.75, 3.05) is 6.54 Å². The van der Waals surface area contributed by atoms with Gasteiger partial charge in [0.1, 0.15) is 12.2 Å². The van der Waals surface area contributed by atoms with Crippen molar-refractivity contribution in [2.24, 2.45) is 0 Å². The van der Waals surface area contributed by atoms with Crippen LogP contribution < -0.4 is 5.32 Å². The molecular formula is C10H13NO4. The highest BCUT2D eigenvalue weighted by Gasteiger charge is 2.11. The molecule has 1 amide bonds. The van der Waals surface area contributed by atoms with Crippen LogP contribution in [0.4, 0.5) is 0 Å². The number of hydrogen-bond acceptors (Lipinski definition) is 3. The number of aliphatic carboxylic acids is 1. The van der Waals surface area contributed by atoms with Gasteiger partial charge in [0, 0.05) is 6.54 Å². The van der Waals surface area contributed by atoms with Gasteiger partial charge in [0.15, 0.2) is 5.76 Å². The predicted molar refractivity (Wildman–Crippen MR) is 52.7 cm³/mol. The second-order valence-electron chi connectivity index (χ2n) is 3.09. The van der Waals surface area contributed by atoms with Crippen molar-refractivity contribution in [1.29, 1.82) is 0 Å². The van der Waals surface area contributed by atoms with Gasteiger partial charge < -0.3 is 14.8 Å². The van der Waals surface area contributed by atoms with Crippen LogP contribution in [0.3, 0.4) is 0 Å². The third-order valence-corrected chi connectivity index (χ3v) is 1.75. The van der Waals surface area contributed by atoms with E-state index >= 15 is 0 Å². The molecule has 0 aliphatic rings. The molecule has 82 valence electrons. The molecule has 0 spiro atoms. The van der Waals surface area contributed by atoms with Crippen molar-refractivity contribution >= 4 is 11.9 Å². The van der Waals surface area contributed by atoms with Gasteiger partial charge in [0.05, 0.1) is 0 Å². The van der Waals surface area contributed by atoms with Gasteiger partial charge in [0.2, 0.25) is 0 Å². The van der Waals surface area contributed by atoms with E-state index in [0.29, 0.717) is 6.54 Å². The standard InChI is InChI=1S/C10H13NO4/c1-2-5-11-10(14)8-4-3-7(15-8)6-9(12)13/h3-4H,2,5-6H2,1H3,(H,11,14)(H,12,13). The van der Waals surface area contributed by atoms with E-state index in [1.54, 1.807) is 0 Å². The van der Waals surface area contributed by atoms with Crippen LogP contribution in [-0.4, -0.2) is 23.5 Å². The molecule has 2 N–H and O–H groups in total. The third kappa shape index (κ3) is 3.46. The number of furan rings is 1. The molecular weight excluding hydrogens is 198 g/mol. The SMILES string of the molecule is CCCNC(=O)c1ccc(CC(=O)O)o1. The van der Waals surface area contributed by atoms with E-state index in [4.69, 9.17) is 9.52 Å².